The Labute approximate surface area is 174 Å². The zero-order valence-electron chi connectivity index (χ0n) is 16.2. The van der Waals surface area contributed by atoms with E-state index in [0.717, 1.165) is 30.6 Å². The highest BCUT2D eigenvalue weighted by Gasteiger charge is 2.33. The highest BCUT2D eigenvalue weighted by Crippen LogP contribution is 2.33. The first kappa shape index (κ1) is 19.5. The number of piperidine rings is 1. The van der Waals surface area contributed by atoms with Gasteiger partial charge in [0.2, 0.25) is 11.8 Å². The van der Waals surface area contributed by atoms with Crippen LogP contribution in [0.25, 0.3) is 0 Å². The number of halogens is 1. The second-order valence-corrected chi connectivity index (χ2v) is 7.41. The summed E-state index contributed by atoms with van der Waals surface area (Å²) in [5.74, 6) is 1.49. The first-order chi connectivity index (χ1) is 14.2. The van der Waals surface area contributed by atoms with Gasteiger partial charge in [0, 0.05) is 24.2 Å². The van der Waals surface area contributed by atoms with E-state index in [0.29, 0.717) is 35.3 Å². The number of aromatic nitrogens is 2. The van der Waals surface area contributed by atoms with Crippen molar-refractivity contribution in [1.82, 2.24) is 14.9 Å². The standard InChI is InChI=1S/C22H22ClN3O3/c1-28-20-17(8-6-11-24-20)22(27)26-12-5-4-10-19(26)21-25-14-16(29-21)13-15-7-2-3-9-18(15)23/h2-3,6-9,11,14,19H,4-5,10,12-13H2,1H3/t19-/m1/s1. The van der Waals surface area contributed by atoms with Crippen LogP contribution in [0.1, 0.15) is 52.9 Å². The van der Waals surface area contributed by atoms with Crippen molar-refractivity contribution < 1.29 is 13.9 Å². The summed E-state index contributed by atoms with van der Waals surface area (Å²) in [5.41, 5.74) is 1.43. The fourth-order valence-corrected chi connectivity index (χ4v) is 3.89. The van der Waals surface area contributed by atoms with Crippen molar-refractivity contribution in [2.45, 2.75) is 31.7 Å². The molecule has 1 aliphatic rings. The molecule has 0 aliphatic carbocycles. The average molecular weight is 412 g/mol. The molecule has 6 nitrogen and oxygen atoms in total. The molecule has 4 rings (SSSR count). The second-order valence-electron chi connectivity index (χ2n) is 7.00. The van der Waals surface area contributed by atoms with Gasteiger partial charge in [0.05, 0.1) is 13.3 Å². The zero-order chi connectivity index (χ0) is 20.2. The van der Waals surface area contributed by atoms with Crippen LogP contribution in [0.3, 0.4) is 0 Å². The van der Waals surface area contributed by atoms with Gasteiger partial charge in [-0.25, -0.2) is 9.97 Å². The van der Waals surface area contributed by atoms with E-state index < -0.39 is 0 Å². The van der Waals surface area contributed by atoms with Gasteiger partial charge in [0.1, 0.15) is 17.4 Å². The van der Waals surface area contributed by atoms with E-state index >= 15 is 0 Å². The van der Waals surface area contributed by atoms with Crippen LogP contribution in [0.2, 0.25) is 5.02 Å². The summed E-state index contributed by atoms with van der Waals surface area (Å²) in [6, 6.07) is 10.9. The molecule has 0 bridgehead atoms. The van der Waals surface area contributed by atoms with Crippen molar-refractivity contribution in [2.24, 2.45) is 0 Å². The summed E-state index contributed by atoms with van der Waals surface area (Å²) < 4.78 is 11.3. The molecule has 1 aromatic carbocycles. The van der Waals surface area contributed by atoms with Gasteiger partial charge in [-0.2, -0.15) is 0 Å². The van der Waals surface area contributed by atoms with E-state index in [1.165, 1.54) is 7.11 Å². The van der Waals surface area contributed by atoms with Crippen molar-refractivity contribution in [3.63, 3.8) is 0 Å². The van der Waals surface area contributed by atoms with E-state index in [9.17, 15) is 4.79 Å². The molecule has 3 aromatic rings. The molecule has 1 amide bonds. The molecule has 150 valence electrons. The molecule has 1 saturated heterocycles. The van der Waals surface area contributed by atoms with Gasteiger partial charge in [-0.15, -0.1) is 0 Å². The lowest BCUT2D eigenvalue weighted by atomic mass is 10.0. The topological polar surface area (TPSA) is 68.5 Å². The molecule has 0 saturated carbocycles. The summed E-state index contributed by atoms with van der Waals surface area (Å²) in [7, 11) is 1.52. The lowest BCUT2D eigenvalue weighted by Gasteiger charge is -2.34. The molecule has 2 aromatic heterocycles. The van der Waals surface area contributed by atoms with Gasteiger partial charge in [0.25, 0.3) is 5.91 Å². The summed E-state index contributed by atoms with van der Waals surface area (Å²) in [6.07, 6.45) is 6.65. The summed E-state index contributed by atoms with van der Waals surface area (Å²) in [5, 5.41) is 0.698. The first-order valence-electron chi connectivity index (χ1n) is 9.65. The molecule has 3 heterocycles. The van der Waals surface area contributed by atoms with E-state index in [1.807, 2.05) is 29.2 Å². The van der Waals surface area contributed by atoms with E-state index in [-0.39, 0.29) is 11.9 Å². The maximum Gasteiger partial charge on any atom is 0.260 e. The van der Waals surface area contributed by atoms with Crippen molar-refractivity contribution >= 4 is 17.5 Å². The Morgan fingerprint density at radius 2 is 2.10 bits per heavy atom. The normalized spacial score (nSPS) is 16.6. The number of nitrogens with zero attached hydrogens (tertiary/aromatic N) is 3. The fourth-order valence-electron chi connectivity index (χ4n) is 3.69. The molecule has 0 spiro atoms. The van der Waals surface area contributed by atoms with Gasteiger partial charge in [-0.05, 0) is 43.0 Å². The number of benzene rings is 1. The monoisotopic (exact) mass is 411 g/mol. The fraction of sp³-hybridized carbons (Fsp3) is 0.318. The number of methoxy groups -OCH3 is 1. The molecule has 0 unspecified atom stereocenters. The van der Waals surface area contributed by atoms with E-state index in [2.05, 4.69) is 9.97 Å². The molecule has 0 radical (unpaired) electrons. The highest BCUT2D eigenvalue weighted by molar-refractivity contribution is 6.31. The first-order valence-corrected chi connectivity index (χ1v) is 10.0. The van der Waals surface area contributed by atoms with Crippen LogP contribution >= 0.6 is 11.6 Å². The average Bonchev–Trinajstić information content (AvgIpc) is 3.23. The van der Waals surface area contributed by atoms with Crippen LogP contribution in [-0.4, -0.2) is 34.4 Å². The third-order valence-corrected chi connectivity index (χ3v) is 5.51. The van der Waals surface area contributed by atoms with Crippen molar-refractivity contribution in [3.05, 3.63) is 76.6 Å². The molecule has 29 heavy (non-hydrogen) atoms. The lowest BCUT2D eigenvalue weighted by Crippen LogP contribution is -2.38. The quantitative estimate of drug-likeness (QED) is 0.609. The number of pyridine rings is 1. The van der Waals surface area contributed by atoms with Gasteiger partial charge in [-0.3, -0.25) is 4.79 Å². The number of likely N-dealkylation sites (tertiary alicyclic amines) is 1. The smallest absolute Gasteiger partial charge is 0.260 e. The van der Waals surface area contributed by atoms with E-state index in [1.54, 1.807) is 24.5 Å². The number of oxazole rings is 1. The summed E-state index contributed by atoms with van der Waals surface area (Å²) in [6.45, 7) is 0.643. The van der Waals surface area contributed by atoms with Crippen molar-refractivity contribution in [1.29, 1.82) is 0 Å². The largest absolute Gasteiger partial charge is 0.480 e. The number of hydrogen-bond donors (Lipinski definition) is 0. The highest BCUT2D eigenvalue weighted by atomic mass is 35.5. The van der Waals surface area contributed by atoms with Crippen molar-refractivity contribution in [2.75, 3.05) is 13.7 Å². The molecular formula is C22H22ClN3O3. The molecule has 1 aliphatic heterocycles. The van der Waals surface area contributed by atoms with E-state index in [4.69, 9.17) is 20.8 Å². The Hall–Kier alpha value is -2.86. The summed E-state index contributed by atoms with van der Waals surface area (Å²) in [4.78, 5) is 23.7. The number of carbonyl (C=O) groups is 1. The van der Waals surface area contributed by atoms with Gasteiger partial charge in [0.15, 0.2) is 0 Å². The van der Waals surface area contributed by atoms with Crippen LogP contribution in [0, 0.1) is 0 Å². The minimum atomic E-state index is -0.207. The van der Waals surface area contributed by atoms with Crippen LogP contribution in [-0.2, 0) is 6.42 Å². The second kappa shape index (κ2) is 8.66. The predicted octanol–water partition coefficient (Wildman–Crippen LogP) is 4.69. The van der Waals surface area contributed by atoms with Gasteiger partial charge < -0.3 is 14.1 Å². The Morgan fingerprint density at radius 3 is 2.93 bits per heavy atom. The summed E-state index contributed by atoms with van der Waals surface area (Å²) >= 11 is 6.26. The molecule has 0 N–H and O–H groups in total. The number of rotatable bonds is 5. The van der Waals surface area contributed by atoms with Crippen molar-refractivity contribution in [3.8, 4) is 5.88 Å². The Morgan fingerprint density at radius 1 is 1.24 bits per heavy atom. The predicted molar refractivity (Wildman–Crippen MR) is 109 cm³/mol. The number of carbonyl (C=O) groups excluding carboxylic acids is 1. The number of ether oxygens (including phenoxy) is 1. The Kier molecular flexibility index (Phi) is 5.81. The maximum absolute atomic E-state index is 13.2. The number of hydrogen-bond acceptors (Lipinski definition) is 5. The van der Waals surface area contributed by atoms with Crippen LogP contribution in [0.5, 0.6) is 5.88 Å². The maximum atomic E-state index is 13.2. The SMILES string of the molecule is COc1ncccc1C(=O)N1CCCC[C@@H]1c1ncc(Cc2ccccc2Cl)o1. The minimum Gasteiger partial charge on any atom is -0.480 e. The molecule has 1 fully saturated rings. The van der Waals surface area contributed by atoms with Gasteiger partial charge in [-0.1, -0.05) is 29.8 Å². The Balaban J connectivity index is 1.57. The van der Waals surface area contributed by atoms with Crippen LogP contribution < -0.4 is 4.74 Å². The molecule has 7 heteroatoms. The third-order valence-electron chi connectivity index (χ3n) is 5.14. The lowest BCUT2D eigenvalue weighted by molar-refractivity contribution is 0.0566. The molecular weight excluding hydrogens is 390 g/mol. The zero-order valence-corrected chi connectivity index (χ0v) is 16.9. The van der Waals surface area contributed by atoms with Gasteiger partial charge >= 0.3 is 0 Å². The molecule has 1 atom stereocenters. The minimum absolute atomic E-state index is 0.120. The Bertz CT molecular complexity index is 1000. The third kappa shape index (κ3) is 4.12. The van der Waals surface area contributed by atoms with Crippen LogP contribution in [0.15, 0.2) is 53.2 Å². The number of amides is 1. The van der Waals surface area contributed by atoms with Crippen LogP contribution in [0.4, 0.5) is 0 Å².